The summed E-state index contributed by atoms with van der Waals surface area (Å²) >= 11 is 3.11. The zero-order chi connectivity index (χ0) is 13.3. The average molecular weight is 335 g/mol. The van der Waals surface area contributed by atoms with Crippen LogP contribution in [0, 0.1) is 12.7 Å². The molecule has 0 amide bonds. The first-order chi connectivity index (χ1) is 8.42. The average Bonchev–Trinajstić information content (AvgIpc) is 2.61. The summed E-state index contributed by atoms with van der Waals surface area (Å²) < 4.78 is 44.3. The first kappa shape index (κ1) is 13.0. The molecule has 0 radical (unpaired) electrons. The van der Waals surface area contributed by atoms with E-state index in [-0.39, 0.29) is 10.7 Å². The van der Waals surface area contributed by atoms with Crippen molar-refractivity contribution in [2.45, 2.75) is 11.8 Å². The lowest BCUT2D eigenvalue weighted by molar-refractivity contribution is 0.390. The van der Waals surface area contributed by atoms with Gasteiger partial charge in [-0.15, -0.1) is 0 Å². The van der Waals surface area contributed by atoms with E-state index < -0.39 is 21.7 Å². The van der Waals surface area contributed by atoms with Crippen molar-refractivity contribution in [2.75, 3.05) is 4.72 Å². The minimum Gasteiger partial charge on any atom is -0.356 e. The number of hydrogen-bond donors (Lipinski definition) is 1. The van der Waals surface area contributed by atoms with Crippen LogP contribution in [0.5, 0.6) is 0 Å². The van der Waals surface area contributed by atoms with E-state index >= 15 is 0 Å². The molecule has 0 aliphatic heterocycles. The predicted molar refractivity (Wildman–Crippen MR) is 66.1 cm³/mol. The van der Waals surface area contributed by atoms with Crippen LogP contribution < -0.4 is 4.72 Å². The largest absolute Gasteiger partial charge is 0.356 e. The molecule has 0 saturated heterocycles. The fourth-order valence-corrected chi connectivity index (χ4v) is 3.27. The molecular formula is C10H8BrFN2O3S. The van der Waals surface area contributed by atoms with Crippen LogP contribution in [0.15, 0.2) is 38.2 Å². The highest BCUT2D eigenvalue weighted by molar-refractivity contribution is 9.10. The van der Waals surface area contributed by atoms with Gasteiger partial charge < -0.3 is 4.52 Å². The normalized spacial score (nSPS) is 11.5. The number of halogens is 2. The number of anilines is 1. The van der Waals surface area contributed by atoms with Crippen molar-refractivity contribution in [3.05, 3.63) is 40.3 Å². The Balaban J connectivity index is 2.40. The van der Waals surface area contributed by atoms with Crippen LogP contribution in [0.25, 0.3) is 0 Å². The van der Waals surface area contributed by atoms with Crippen LogP contribution in [0.3, 0.4) is 0 Å². The Kier molecular flexibility index (Phi) is 3.40. The minimum atomic E-state index is -3.91. The molecule has 0 atom stereocenters. The Hall–Kier alpha value is -1.41. The predicted octanol–water partition coefficient (Wildman–Crippen LogP) is 2.69. The van der Waals surface area contributed by atoms with E-state index in [0.29, 0.717) is 4.47 Å². The molecule has 0 aliphatic carbocycles. The Bertz CT molecular complexity index is 684. The molecule has 8 heteroatoms. The quantitative estimate of drug-likeness (QED) is 0.936. The molecule has 18 heavy (non-hydrogen) atoms. The molecule has 2 rings (SSSR count). The summed E-state index contributed by atoms with van der Waals surface area (Å²) in [4.78, 5) is -0.00921. The van der Waals surface area contributed by atoms with Gasteiger partial charge in [0.2, 0.25) is 11.6 Å². The van der Waals surface area contributed by atoms with E-state index in [1.165, 1.54) is 13.0 Å². The maximum Gasteiger partial charge on any atom is 0.264 e. The Labute approximate surface area is 111 Å². The van der Waals surface area contributed by atoms with E-state index in [2.05, 4.69) is 25.6 Å². The van der Waals surface area contributed by atoms with Gasteiger partial charge in [-0.25, -0.2) is 8.42 Å². The maximum atomic E-state index is 13.4. The molecule has 0 bridgehead atoms. The summed E-state index contributed by atoms with van der Waals surface area (Å²) in [6, 6.07) is 6.18. The summed E-state index contributed by atoms with van der Waals surface area (Å²) in [5.74, 6) is -1.37. The second-order valence-corrected chi connectivity index (χ2v) is 5.94. The zero-order valence-corrected chi connectivity index (χ0v) is 11.5. The third kappa shape index (κ3) is 2.39. The van der Waals surface area contributed by atoms with Gasteiger partial charge in [0.1, 0.15) is 4.90 Å². The van der Waals surface area contributed by atoms with Crippen LogP contribution in [-0.4, -0.2) is 13.6 Å². The molecule has 1 aromatic carbocycles. The lowest BCUT2D eigenvalue weighted by Crippen LogP contribution is -2.14. The molecule has 96 valence electrons. The van der Waals surface area contributed by atoms with Crippen LogP contribution in [-0.2, 0) is 10.0 Å². The van der Waals surface area contributed by atoms with Gasteiger partial charge in [0.15, 0.2) is 5.76 Å². The van der Waals surface area contributed by atoms with Crippen LogP contribution in [0.4, 0.5) is 10.2 Å². The van der Waals surface area contributed by atoms with Crippen LogP contribution in [0.2, 0.25) is 0 Å². The van der Waals surface area contributed by atoms with Gasteiger partial charge in [-0.2, -0.15) is 4.39 Å². The first-order valence-electron chi connectivity index (χ1n) is 4.81. The van der Waals surface area contributed by atoms with Gasteiger partial charge in [0, 0.05) is 4.47 Å². The van der Waals surface area contributed by atoms with Crippen molar-refractivity contribution < 1.29 is 17.3 Å². The molecule has 1 N–H and O–H groups in total. The van der Waals surface area contributed by atoms with Crippen molar-refractivity contribution in [3.8, 4) is 0 Å². The number of sulfonamides is 1. The number of rotatable bonds is 3. The van der Waals surface area contributed by atoms with Crippen LogP contribution in [0.1, 0.15) is 5.76 Å². The molecular weight excluding hydrogens is 327 g/mol. The van der Waals surface area contributed by atoms with Gasteiger partial charge in [0.05, 0.1) is 0 Å². The Morgan fingerprint density at radius 2 is 2.06 bits per heavy atom. The van der Waals surface area contributed by atoms with E-state index in [0.717, 1.165) is 0 Å². The van der Waals surface area contributed by atoms with Crippen LogP contribution >= 0.6 is 15.9 Å². The summed E-state index contributed by atoms with van der Waals surface area (Å²) in [5, 5.41) is 3.30. The molecule has 0 aliphatic rings. The summed E-state index contributed by atoms with van der Waals surface area (Å²) in [6.07, 6.45) is 0. The molecule has 0 unspecified atom stereocenters. The van der Waals surface area contributed by atoms with E-state index in [4.69, 9.17) is 0 Å². The summed E-state index contributed by atoms with van der Waals surface area (Å²) in [6.45, 7) is 1.35. The Morgan fingerprint density at radius 1 is 1.39 bits per heavy atom. The van der Waals surface area contributed by atoms with Crippen molar-refractivity contribution in [1.82, 2.24) is 5.16 Å². The molecule has 2 aromatic rings. The molecule has 5 nitrogen and oxygen atoms in total. The van der Waals surface area contributed by atoms with Crippen molar-refractivity contribution >= 4 is 31.8 Å². The number of aromatic nitrogens is 1. The monoisotopic (exact) mass is 334 g/mol. The molecule has 0 fully saturated rings. The third-order valence-corrected chi connectivity index (χ3v) is 4.50. The van der Waals surface area contributed by atoms with Gasteiger partial charge >= 0.3 is 0 Å². The standard InChI is InChI=1S/C10H8BrFN2O3S/c1-6-9(12)10(13-17-6)14-18(15,16)8-5-3-2-4-7(8)11/h2-5H,1H3,(H,13,14). The number of hydrogen-bond acceptors (Lipinski definition) is 4. The lowest BCUT2D eigenvalue weighted by atomic mass is 10.4. The zero-order valence-electron chi connectivity index (χ0n) is 9.15. The number of benzene rings is 1. The number of nitrogens with zero attached hydrogens (tertiary/aromatic N) is 1. The van der Waals surface area contributed by atoms with Crippen molar-refractivity contribution in [1.29, 1.82) is 0 Å². The summed E-state index contributed by atoms with van der Waals surface area (Å²) in [5.41, 5.74) is 0. The Morgan fingerprint density at radius 3 is 2.61 bits per heavy atom. The second-order valence-electron chi connectivity index (χ2n) is 3.44. The first-order valence-corrected chi connectivity index (χ1v) is 7.08. The molecule has 1 aromatic heterocycles. The fraction of sp³-hybridized carbons (Fsp3) is 0.100. The fourth-order valence-electron chi connectivity index (χ4n) is 1.27. The summed E-state index contributed by atoms with van der Waals surface area (Å²) in [7, 11) is -3.91. The topological polar surface area (TPSA) is 72.2 Å². The maximum absolute atomic E-state index is 13.4. The molecule has 1 heterocycles. The van der Waals surface area contributed by atoms with Gasteiger partial charge in [-0.05, 0) is 35.0 Å². The highest BCUT2D eigenvalue weighted by atomic mass is 79.9. The number of nitrogens with one attached hydrogen (secondary N) is 1. The van der Waals surface area contributed by atoms with E-state index in [1.807, 2.05) is 4.72 Å². The lowest BCUT2D eigenvalue weighted by Gasteiger charge is -2.06. The van der Waals surface area contributed by atoms with Gasteiger partial charge in [0.25, 0.3) is 10.0 Å². The van der Waals surface area contributed by atoms with Gasteiger partial charge in [-0.3, -0.25) is 4.72 Å². The van der Waals surface area contributed by atoms with Gasteiger partial charge in [-0.1, -0.05) is 17.3 Å². The third-order valence-electron chi connectivity index (χ3n) is 2.15. The highest BCUT2D eigenvalue weighted by Gasteiger charge is 2.22. The second kappa shape index (κ2) is 4.69. The number of aryl methyl sites for hydroxylation is 1. The molecule has 0 spiro atoms. The minimum absolute atomic E-state index is 0.00921. The van der Waals surface area contributed by atoms with Crippen molar-refractivity contribution in [3.63, 3.8) is 0 Å². The molecule has 0 saturated carbocycles. The van der Waals surface area contributed by atoms with E-state index in [1.54, 1.807) is 18.2 Å². The van der Waals surface area contributed by atoms with Crippen molar-refractivity contribution in [2.24, 2.45) is 0 Å². The highest BCUT2D eigenvalue weighted by Crippen LogP contribution is 2.25. The SMILES string of the molecule is Cc1onc(NS(=O)(=O)c2ccccc2Br)c1F. The smallest absolute Gasteiger partial charge is 0.264 e. The van der Waals surface area contributed by atoms with E-state index in [9.17, 15) is 12.8 Å².